The van der Waals surface area contributed by atoms with Crippen molar-refractivity contribution < 1.29 is 4.79 Å². The van der Waals surface area contributed by atoms with Crippen LogP contribution in [0.15, 0.2) is 0 Å². The predicted octanol–water partition coefficient (Wildman–Crippen LogP) is 1.23. The fourth-order valence-electron chi connectivity index (χ4n) is 0.905. The average molecular weight is 218 g/mol. The fourth-order valence-corrected chi connectivity index (χ4v) is 1.75. The standard InChI is InChI=1S/C10H22N2OS/c1-8(2)6-12-10(13)7-14-9(3)4-5-11/h8-9H,4-7,11H2,1-3H3,(H,12,13). The Bertz CT molecular complexity index is 162. The molecule has 1 unspecified atom stereocenters. The summed E-state index contributed by atoms with van der Waals surface area (Å²) < 4.78 is 0. The first kappa shape index (κ1) is 13.8. The van der Waals surface area contributed by atoms with Crippen molar-refractivity contribution in [1.29, 1.82) is 0 Å². The molecule has 14 heavy (non-hydrogen) atoms. The van der Waals surface area contributed by atoms with Gasteiger partial charge in [-0.15, -0.1) is 11.8 Å². The van der Waals surface area contributed by atoms with Crippen molar-refractivity contribution in [1.82, 2.24) is 5.32 Å². The van der Waals surface area contributed by atoms with Gasteiger partial charge in [-0.2, -0.15) is 0 Å². The molecular weight excluding hydrogens is 196 g/mol. The van der Waals surface area contributed by atoms with Gasteiger partial charge in [-0.1, -0.05) is 20.8 Å². The van der Waals surface area contributed by atoms with Gasteiger partial charge in [0, 0.05) is 11.8 Å². The van der Waals surface area contributed by atoms with E-state index in [2.05, 4.69) is 26.1 Å². The van der Waals surface area contributed by atoms with Gasteiger partial charge in [0.15, 0.2) is 0 Å². The van der Waals surface area contributed by atoms with Gasteiger partial charge in [0.05, 0.1) is 5.75 Å². The number of hydrogen-bond donors (Lipinski definition) is 2. The quantitative estimate of drug-likeness (QED) is 0.676. The Kier molecular flexibility index (Phi) is 7.99. The third-order valence-corrected chi connectivity index (χ3v) is 3.01. The molecule has 0 saturated carbocycles. The van der Waals surface area contributed by atoms with Crippen molar-refractivity contribution in [3.05, 3.63) is 0 Å². The highest BCUT2D eigenvalue weighted by molar-refractivity contribution is 8.00. The van der Waals surface area contributed by atoms with E-state index in [0.29, 0.717) is 23.5 Å². The normalized spacial score (nSPS) is 12.9. The summed E-state index contributed by atoms with van der Waals surface area (Å²) in [5, 5.41) is 3.37. The Morgan fingerprint density at radius 2 is 2.07 bits per heavy atom. The van der Waals surface area contributed by atoms with E-state index >= 15 is 0 Å². The molecule has 0 aromatic heterocycles. The summed E-state index contributed by atoms with van der Waals surface area (Å²) in [4.78, 5) is 11.3. The van der Waals surface area contributed by atoms with Crippen molar-refractivity contribution in [2.45, 2.75) is 32.4 Å². The van der Waals surface area contributed by atoms with Gasteiger partial charge in [-0.05, 0) is 18.9 Å². The van der Waals surface area contributed by atoms with E-state index in [0.717, 1.165) is 13.0 Å². The first-order chi connectivity index (χ1) is 6.56. The summed E-state index contributed by atoms with van der Waals surface area (Å²) in [6.07, 6.45) is 0.974. The third-order valence-electron chi connectivity index (χ3n) is 1.78. The van der Waals surface area contributed by atoms with Gasteiger partial charge >= 0.3 is 0 Å². The van der Waals surface area contributed by atoms with Crippen LogP contribution in [0, 0.1) is 5.92 Å². The third kappa shape index (κ3) is 8.38. The van der Waals surface area contributed by atoms with E-state index in [1.807, 2.05) is 0 Å². The van der Waals surface area contributed by atoms with Crippen LogP contribution in [0.2, 0.25) is 0 Å². The van der Waals surface area contributed by atoms with Crippen molar-refractivity contribution in [2.24, 2.45) is 11.7 Å². The van der Waals surface area contributed by atoms with Gasteiger partial charge in [-0.3, -0.25) is 4.79 Å². The molecule has 0 fully saturated rings. The second-order valence-electron chi connectivity index (χ2n) is 3.90. The second-order valence-corrected chi connectivity index (χ2v) is 5.32. The number of carbonyl (C=O) groups is 1. The molecular formula is C10H22N2OS. The lowest BCUT2D eigenvalue weighted by atomic mass is 10.2. The number of carbonyl (C=O) groups excluding carboxylic acids is 1. The average Bonchev–Trinajstić information content (AvgIpc) is 2.12. The Hall–Kier alpha value is -0.220. The van der Waals surface area contributed by atoms with Gasteiger partial charge < -0.3 is 11.1 Å². The predicted molar refractivity (Wildman–Crippen MR) is 63.4 cm³/mol. The minimum absolute atomic E-state index is 0.132. The molecule has 0 heterocycles. The fraction of sp³-hybridized carbons (Fsp3) is 0.900. The Morgan fingerprint density at radius 3 is 2.57 bits per heavy atom. The molecule has 3 nitrogen and oxygen atoms in total. The molecule has 0 bridgehead atoms. The SMILES string of the molecule is CC(C)CNC(=O)CSC(C)CCN. The minimum atomic E-state index is 0.132. The molecule has 0 aliphatic heterocycles. The van der Waals surface area contributed by atoms with Crippen molar-refractivity contribution in [3.8, 4) is 0 Å². The Morgan fingerprint density at radius 1 is 1.43 bits per heavy atom. The van der Waals surface area contributed by atoms with E-state index in [4.69, 9.17) is 5.73 Å². The lowest BCUT2D eigenvalue weighted by Crippen LogP contribution is -2.29. The smallest absolute Gasteiger partial charge is 0.230 e. The minimum Gasteiger partial charge on any atom is -0.355 e. The van der Waals surface area contributed by atoms with Crippen LogP contribution in [0.3, 0.4) is 0 Å². The van der Waals surface area contributed by atoms with Gasteiger partial charge in [0.25, 0.3) is 0 Å². The van der Waals surface area contributed by atoms with Crippen molar-refractivity contribution in [2.75, 3.05) is 18.8 Å². The zero-order valence-corrected chi connectivity index (χ0v) is 10.2. The highest BCUT2D eigenvalue weighted by Crippen LogP contribution is 2.12. The van der Waals surface area contributed by atoms with Crippen LogP contribution in [0.4, 0.5) is 0 Å². The van der Waals surface area contributed by atoms with Gasteiger partial charge in [0.2, 0.25) is 5.91 Å². The maximum Gasteiger partial charge on any atom is 0.230 e. The number of nitrogens with one attached hydrogen (secondary N) is 1. The first-order valence-electron chi connectivity index (χ1n) is 5.14. The topological polar surface area (TPSA) is 55.1 Å². The molecule has 0 aliphatic rings. The molecule has 0 aromatic rings. The molecule has 0 aromatic carbocycles. The maximum atomic E-state index is 11.3. The largest absolute Gasteiger partial charge is 0.355 e. The molecule has 1 amide bonds. The zero-order chi connectivity index (χ0) is 11.0. The number of hydrogen-bond acceptors (Lipinski definition) is 3. The molecule has 0 rings (SSSR count). The zero-order valence-electron chi connectivity index (χ0n) is 9.38. The summed E-state index contributed by atoms with van der Waals surface area (Å²) in [5.74, 6) is 1.20. The summed E-state index contributed by atoms with van der Waals surface area (Å²) in [6, 6.07) is 0. The molecule has 0 saturated heterocycles. The Balaban J connectivity index is 3.43. The highest BCUT2D eigenvalue weighted by atomic mass is 32.2. The van der Waals surface area contributed by atoms with Crippen LogP contribution in [-0.4, -0.2) is 30.0 Å². The maximum absolute atomic E-state index is 11.3. The van der Waals surface area contributed by atoms with E-state index in [1.165, 1.54) is 0 Å². The second kappa shape index (κ2) is 8.12. The molecule has 1 atom stereocenters. The molecule has 0 aliphatic carbocycles. The van der Waals surface area contributed by atoms with Crippen LogP contribution >= 0.6 is 11.8 Å². The highest BCUT2D eigenvalue weighted by Gasteiger charge is 2.06. The van der Waals surface area contributed by atoms with E-state index in [1.54, 1.807) is 11.8 Å². The summed E-state index contributed by atoms with van der Waals surface area (Å²) in [6.45, 7) is 7.74. The van der Waals surface area contributed by atoms with E-state index in [9.17, 15) is 4.79 Å². The summed E-state index contributed by atoms with van der Waals surface area (Å²) >= 11 is 1.67. The lowest BCUT2D eigenvalue weighted by molar-refractivity contribution is -0.118. The number of thioether (sulfide) groups is 1. The Labute approximate surface area is 91.2 Å². The van der Waals surface area contributed by atoms with Crippen molar-refractivity contribution >= 4 is 17.7 Å². The molecule has 4 heteroatoms. The van der Waals surface area contributed by atoms with E-state index < -0.39 is 0 Å². The van der Waals surface area contributed by atoms with Crippen LogP contribution in [-0.2, 0) is 4.79 Å². The number of nitrogens with two attached hydrogens (primary N) is 1. The first-order valence-corrected chi connectivity index (χ1v) is 6.19. The van der Waals surface area contributed by atoms with Crippen LogP contribution in [0.25, 0.3) is 0 Å². The lowest BCUT2D eigenvalue weighted by Gasteiger charge is -2.10. The molecule has 0 radical (unpaired) electrons. The molecule has 3 N–H and O–H groups in total. The molecule has 84 valence electrons. The number of amides is 1. The van der Waals surface area contributed by atoms with Gasteiger partial charge in [-0.25, -0.2) is 0 Å². The van der Waals surface area contributed by atoms with Crippen molar-refractivity contribution in [3.63, 3.8) is 0 Å². The van der Waals surface area contributed by atoms with Crippen LogP contribution < -0.4 is 11.1 Å². The number of rotatable bonds is 7. The van der Waals surface area contributed by atoms with Crippen LogP contribution in [0.5, 0.6) is 0 Å². The van der Waals surface area contributed by atoms with Gasteiger partial charge in [0.1, 0.15) is 0 Å². The van der Waals surface area contributed by atoms with Crippen LogP contribution in [0.1, 0.15) is 27.2 Å². The molecule has 0 spiro atoms. The monoisotopic (exact) mass is 218 g/mol. The summed E-state index contributed by atoms with van der Waals surface area (Å²) in [7, 11) is 0. The summed E-state index contributed by atoms with van der Waals surface area (Å²) in [5.41, 5.74) is 5.42. The van der Waals surface area contributed by atoms with E-state index in [-0.39, 0.29) is 5.91 Å².